The first-order valence-electron chi connectivity index (χ1n) is 4.62. The summed E-state index contributed by atoms with van der Waals surface area (Å²) >= 11 is 0. The van der Waals surface area contributed by atoms with Crippen molar-refractivity contribution in [1.82, 2.24) is 5.32 Å². The number of carbonyl (C=O) groups is 2. The number of likely N-dealkylation sites (N-methyl/N-ethyl adjacent to an activating group) is 1. The fourth-order valence-electron chi connectivity index (χ4n) is 1.13. The van der Waals surface area contributed by atoms with Gasteiger partial charge in [-0.3, -0.25) is 4.79 Å². The average molecular weight is 215 g/mol. The van der Waals surface area contributed by atoms with E-state index in [9.17, 15) is 9.59 Å². The number of nitrogens with zero attached hydrogens (tertiary/aromatic N) is 1. The second-order valence-electron chi connectivity index (χ2n) is 4.53. The van der Waals surface area contributed by atoms with Crippen molar-refractivity contribution in [2.75, 3.05) is 27.7 Å². The van der Waals surface area contributed by atoms with Gasteiger partial charge in [0.1, 0.15) is 0 Å². The lowest BCUT2D eigenvalue weighted by molar-refractivity contribution is -0.878. The van der Waals surface area contributed by atoms with Crippen LogP contribution in [0, 0.1) is 0 Å². The molecule has 0 heterocycles. The molecular weight excluding hydrogens is 196 g/mol. The maximum atomic E-state index is 11.6. The molecule has 0 aromatic rings. The predicted octanol–water partition coefficient (Wildman–Crippen LogP) is -0.162. The molecule has 1 amide bonds. The van der Waals surface area contributed by atoms with Crippen molar-refractivity contribution in [1.29, 1.82) is 0 Å². The zero-order valence-corrected chi connectivity index (χ0v) is 9.70. The molecule has 0 spiro atoms. The molecule has 0 aromatic carbocycles. The Bertz CT molecular complexity index is 279. The minimum atomic E-state index is -1.12. The fourth-order valence-corrected chi connectivity index (χ4v) is 1.13. The van der Waals surface area contributed by atoms with Crippen LogP contribution in [-0.4, -0.2) is 55.2 Å². The SMILES string of the molecule is C=C(C)CNC(=O)C(C(=O)O)[N+](C)(C)C. The molecule has 5 nitrogen and oxygen atoms in total. The largest absolute Gasteiger partial charge is 0.476 e. The van der Waals surface area contributed by atoms with E-state index in [1.165, 1.54) is 0 Å². The highest BCUT2D eigenvalue weighted by Gasteiger charge is 2.38. The lowest BCUT2D eigenvalue weighted by Gasteiger charge is -2.29. The number of hydrogen-bond acceptors (Lipinski definition) is 2. The molecule has 1 atom stereocenters. The summed E-state index contributed by atoms with van der Waals surface area (Å²) in [6.07, 6.45) is 0. The van der Waals surface area contributed by atoms with Crippen LogP contribution in [0.5, 0.6) is 0 Å². The van der Waals surface area contributed by atoms with Crippen LogP contribution >= 0.6 is 0 Å². The van der Waals surface area contributed by atoms with Crippen molar-refractivity contribution >= 4 is 11.9 Å². The fraction of sp³-hybridized carbons (Fsp3) is 0.600. The van der Waals surface area contributed by atoms with E-state index in [1.807, 2.05) is 0 Å². The molecule has 0 aliphatic rings. The van der Waals surface area contributed by atoms with Crippen molar-refractivity contribution < 1.29 is 19.2 Å². The van der Waals surface area contributed by atoms with Crippen molar-refractivity contribution in [2.24, 2.45) is 0 Å². The molecule has 0 fully saturated rings. The molecule has 0 saturated heterocycles. The molecule has 0 saturated carbocycles. The van der Waals surface area contributed by atoms with Gasteiger partial charge in [0.25, 0.3) is 11.9 Å². The van der Waals surface area contributed by atoms with Gasteiger partial charge < -0.3 is 14.9 Å². The molecule has 0 bridgehead atoms. The van der Waals surface area contributed by atoms with Crippen molar-refractivity contribution in [3.63, 3.8) is 0 Å². The first-order chi connectivity index (χ1) is 6.66. The standard InChI is InChI=1S/C10H18N2O3/c1-7(2)6-11-9(13)8(10(14)15)12(3,4)5/h8H,1,6H2,2-5H3,(H-,11,13,14,15)/p+1. The second-order valence-corrected chi connectivity index (χ2v) is 4.53. The zero-order valence-electron chi connectivity index (χ0n) is 9.70. The van der Waals surface area contributed by atoms with Crippen LogP contribution in [0.15, 0.2) is 12.2 Å². The average Bonchev–Trinajstić information content (AvgIpc) is 1.96. The first kappa shape index (κ1) is 13.6. The van der Waals surface area contributed by atoms with Crippen LogP contribution < -0.4 is 5.32 Å². The van der Waals surface area contributed by atoms with E-state index < -0.39 is 17.9 Å². The van der Waals surface area contributed by atoms with Crippen LogP contribution in [0.25, 0.3) is 0 Å². The van der Waals surface area contributed by atoms with Gasteiger partial charge in [-0.2, -0.15) is 0 Å². The molecule has 86 valence electrons. The molecule has 2 N–H and O–H groups in total. The van der Waals surface area contributed by atoms with Crippen LogP contribution in [-0.2, 0) is 9.59 Å². The third-order valence-corrected chi connectivity index (χ3v) is 1.82. The minimum absolute atomic E-state index is 0.0529. The van der Waals surface area contributed by atoms with E-state index in [0.717, 1.165) is 5.57 Å². The minimum Gasteiger partial charge on any atom is -0.476 e. The normalized spacial score (nSPS) is 13.1. The van der Waals surface area contributed by atoms with Crippen molar-refractivity contribution in [2.45, 2.75) is 13.0 Å². The number of carboxylic acid groups (broad SMARTS) is 1. The van der Waals surface area contributed by atoms with Crippen LogP contribution in [0.2, 0.25) is 0 Å². The number of amides is 1. The number of nitrogens with one attached hydrogen (secondary N) is 1. The number of hydrogen-bond donors (Lipinski definition) is 2. The molecule has 0 radical (unpaired) electrons. The topological polar surface area (TPSA) is 66.4 Å². The van der Waals surface area contributed by atoms with Gasteiger partial charge in [0.15, 0.2) is 0 Å². The van der Waals surface area contributed by atoms with Gasteiger partial charge in [-0.05, 0) is 6.92 Å². The molecule has 0 aromatic heterocycles. The Labute approximate surface area is 90.0 Å². The summed E-state index contributed by atoms with van der Waals surface area (Å²) in [6.45, 7) is 5.70. The van der Waals surface area contributed by atoms with Gasteiger partial charge >= 0.3 is 5.97 Å². The highest BCUT2D eigenvalue weighted by Crippen LogP contribution is 2.03. The first-order valence-corrected chi connectivity index (χ1v) is 4.62. The zero-order chi connectivity index (χ0) is 12.2. The Morgan fingerprint density at radius 2 is 1.87 bits per heavy atom. The van der Waals surface area contributed by atoms with Crippen LogP contribution in [0.4, 0.5) is 0 Å². The van der Waals surface area contributed by atoms with E-state index >= 15 is 0 Å². The number of carboxylic acids is 1. The van der Waals surface area contributed by atoms with E-state index in [1.54, 1.807) is 28.1 Å². The number of carbonyl (C=O) groups excluding carboxylic acids is 1. The van der Waals surface area contributed by atoms with Crippen LogP contribution in [0.1, 0.15) is 6.92 Å². The number of quaternary nitrogens is 1. The Morgan fingerprint density at radius 1 is 1.40 bits per heavy atom. The maximum Gasteiger partial charge on any atom is 0.372 e. The Morgan fingerprint density at radius 3 is 2.13 bits per heavy atom. The summed E-state index contributed by atoms with van der Waals surface area (Å²) in [7, 11) is 5.00. The summed E-state index contributed by atoms with van der Waals surface area (Å²) in [4.78, 5) is 22.5. The van der Waals surface area contributed by atoms with E-state index in [2.05, 4.69) is 11.9 Å². The molecule has 5 heteroatoms. The van der Waals surface area contributed by atoms with E-state index in [0.29, 0.717) is 6.54 Å². The highest BCUT2D eigenvalue weighted by molar-refractivity contribution is 5.99. The molecule has 0 aliphatic heterocycles. The molecule has 15 heavy (non-hydrogen) atoms. The van der Waals surface area contributed by atoms with Gasteiger partial charge in [0.2, 0.25) is 0 Å². The summed E-state index contributed by atoms with van der Waals surface area (Å²) in [5.74, 6) is -1.61. The third kappa shape index (κ3) is 4.60. The predicted molar refractivity (Wildman–Crippen MR) is 57.3 cm³/mol. The molecular formula is C10H19N2O3+. The van der Waals surface area contributed by atoms with E-state index in [-0.39, 0.29) is 4.48 Å². The van der Waals surface area contributed by atoms with Gasteiger partial charge in [0.05, 0.1) is 21.1 Å². The van der Waals surface area contributed by atoms with Crippen LogP contribution in [0.3, 0.4) is 0 Å². The molecule has 1 unspecified atom stereocenters. The quantitative estimate of drug-likeness (QED) is 0.380. The Hall–Kier alpha value is -1.36. The summed E-state index contributed by atoms with van der Waals surface area (Å²) < 4.78 is 0.0529. The lowest BCUT2D eigenvalue weighted by atomic mass is 10.2. The summed E-state index contributed by atoms with van der Waals surface area (Å²) in [5, 5.41) is 11.5. The van der Waals surface area contributed by atoms with E-state index in [4.69, 9.17) is 5.11 Å². The second kappa shape index (κ2) is 4.93. The van der Waals surface area contributed by atoms with Gasteiger partial charge in [-0.1, -0.05) is 12.2 Å². The highest BCUT2D eigenvalue weighted by atomic mass is 16.4. The van der Waals surface area contributed by atoms with Gasteiger partial charge in [-0.15, -0.1) is 0 Å². The maximum absolute atomic E-state index is 11.6. The molecule has 0 aliphatic carbocycles. The molecule has 0 rings (SSSR count). The lowest BCUT2D eigenvalue weighted by Crippen LogP contribution is -2.58. The summed E-state index contributed by atoms with van der Waals surface area (Å²) in [6, 6.07) is -1.09. The third-order valence-electron chi connectivity index (χ3n) is 1.82. The van der Waals surface area contributed by atoms with Crippen molar-refractivity contribution in [3.8, 4) is 0 Å². The number of aliphatic carboxylic acids is 1. The monoisotopic (exact) mass is 215 g/mol. The Kier molecular flexibility index (Phi) is 4.48. The van der Waals surface area contributed by atoms with Gasteiger partial charge in [-0.25, -0.2) is 4.79 Å². The number of rotatable bonds is 5. The Balaban J connectivity index is 4.59. The summed E-state index contributed by atoms with van der Waals surface area (Å²) in [5.41, 5.74) is 0.786. The van der Waals surface area contributed by atoms with Gasteiger partial charge in [0, 0.05) is 6.54 Å². The van der Waals surface area contributed by atoms with Crippen molar-refractivity contribution in [3.05, 3.63) is 12.2 Å². The smallest absolute Gasteiger partial charge is 0.372 e.